The average Bonchev–Trinajstić information content (AvgIpc) is 3.39. The Balaban J connectivity index is 1.26. The van der Waals surface area contributed by atoms with Crippen LogP contribution in [0.4, 0.5) is 18.9 Å². The van der Waals surface area contributed by atoms with E-state index < -0.39 is 23.1 Å². The second-order valence-electron chi connectivity index (χ2n) is 10.1. The van der Waals surface area contributed by atoms with E-state index in [2.05, 4.69) is 27.1 Å². The molecule has 1 amide bonds. The van der Waals surface area contributed by atoms with Gasteiger partial charge in [0.2, 0.25) is 5.91 Å². The van der Waals surface area contributed by atoms with Crippen LogP contribution in [0.2, 0.25) is 0 Å². The molecule has 7 nitrogen and oxygen atoms in total. The number of halogens is 3. The fourth-order valence-electron chi connectivity index (χ4n) is 5.52. The van der Waals surface area contributed by atoms with Crippen LogP contribution in [0, 0.1) is 0 Å². The number of aromatic amines is 1. The predicted molar refractivity (Wildman–Crippen MR) is 140 cm³/mol. The van der Waals surface area contributed by atoms with Gasteiger partial charge in [-0.3, -0.25) is 14.5 Å². The van der Waals surface area contributed by atoms with Gasteiger partial charge in [-0.05, 0) is 56.6 Å². The molecule has 2 fully saturated rings. The van der Waals surface area contributed by atoms with Crippen molar-refractivity contribution in [3.63, 3.8) is 0 Å². The molecule has 202 valence electrons. The Hall–Kier alpha value is -3.37. The zero-order valence-corrected chi connectivity index (χ0v) is 21.4. The van der Waals surface area contributed by atoms with E-state index in [1.54, 1.807) is 23.2 Å². The molecule has 0 aliphatic carbocycles. The van der Waals surface area contributed by atoms with Gasteiger partial charge in [-0.25, -0.2) is 0 Å². The van der Waals surface area contributed by atoms with Crippen LogP contribution in [-0.4, -0.2) is 90.3 Å². The van der Waals surface area contributed by atoms with E-state index in [9.17, 15) is 22.8 Å². The van der Waals surface area contributed by atoms with Gasteiger partial charge in [0.1, 0.15) is 0 Å². The molecule has 0 bridgehead atoms. The molecule has 3 aromatic rings. The highest BCUT2D eigenvalue weighted by Crippen LogP contribution is 2.38. The van der Waals surface area contributed by atoms with Crippen molar-refractivity contribution in [2.24, 2.45) is 0 Å². The number of amides is 1. The predicted octanol–water partition coefficient (Wildman–Crippen LogP) is 4.07. The van der Waals surface area contributed by atoms with Crippen molar-refractivity contribution in [1.82, 2.24) is 19.7 Å². The van der Waals surface area contributed by atoms with Gasteiger partial charge in [-0.2, -0.15) is 13.2 Å². The van der Waals surface area contributed by atoms with Crippen LogP contribution in [0.25, 0.3) is 10.9 Å². The summed E-state index contributed by atoms with van der Waals surface area (Å²) in [5.41, 5.74) is -0.965. The van der Waals surface area contributed by atoms with E-state index in [-0.39, 0.29) is 23.7 Å². The van der Waals surface area contributed by atoms with Gasteiger partial charge < -0.3 is 20.1 Å². The summed E-state index contributed by atoms with van der Waals surface area (Å²) in [5.74, 6) is -0.982. The largest absolute Gasteiger partial charge is 0.419 e. The number of fused-ring (bicyclic) bond motifs is 1. The zero-order chi connectivity index (χ0) is 26.9. The molecule has 1 aromatic heterocycles. The summed E-state index contributed by atoms with van der Waals surface area (Å²) >= 11 is 0. The lowest BCUT2D eigenvalue weighted by molar-refractivity contribution is -0.137. The normalized spacial score (nSPS) is 18.2. The minimum atomic E-state index is -4.78. The van der Waals surface area contributed by atoms with Gasteiger partial charge in [0.15, 0.2) is 5.78 Å². The van der Waals surface area contributed by atoms with Crippen LogP contribution in [-0.2, 0) is 11.0 Å². The Morgan fingerprint density at radius 3 is 2.45 bits per heavy atom. The molecule has 0 atom stereocenters. The van der Waals surface area contributed by atoms with Crippen LogP contribution in [0.15, 0.2) is 48.7 Å². The van der Waals surface area contributed by atoms with Gasteiger partial charge in [-0.1, -0.05) is 24.3 Å². The number of nitrogens with one attached hydrogen (secondary N) is 2. The number of carbonyl (C=O) groups excluding carboxylic acids is 2. The monoisotopic (exact) mass is 527 g/mol. The number of ketones is 1. The molecule has 2 aliphatic rings. The third-order valence-corrected chi connectivity index (χ3v) is 7.71. The number of piperazine rings is 1. The maximum absolute atomic E-state index is 14.2. The van der Waals surface area contributed by atoms with E-state index in [4.69, 9.17) is 0 Å². The second kappa shape index (κ2) is 10.8. The lowest BCUT2D eigenvalue weighted by Gasteiger charge is -2.42. The van der Waals surface area contributed by atoms with E-state index in [1.807, 2.05) is 6.07 Å². The highest BCUT2D eigenvalue weighted by molar-refractivity contribution is 6.12. The number of H-pyrrole nitrogens is 1. The molecule has 0 spiro atoms. The molecule has 0 unspecified atom stereocenters. The highest BCUT2D eigenvalue weighted by Gasteiger charge is 2.38. The number of nitrogens with zero attached hydrogens (tertiary/aromatic N) is 3. The van der Waals surface area contributed by atoms with Crippen molar-refractivity contribution in [2.45, 2.75) is 25.1 Å². The summed E-state index contributed by atoms with van der Waals surface area (Å²) in [6.45, 7) is 4.50. The van der Waals surface area contributed by atoms with Crippen molar-refractivity contribution in [1.29, 1.82) is 0 Å². The molecular formula is C28H32F3N5O2. The lowest BCUT2D eigenvalue weighted by Crippen LogP contribution is -2.54. The number of aromatic nitrogens is 1. The van der Waals surface area contributed by atoms with Crippen molar-refractivity contribution < 1.29 is 22.8 Å². The number of hydrogen-bond acceptors (Lipinski definition) is 5. The van der Waals surface area contributed by atoms with E-state index in [0.29, 0.717) is 24.6 Å². The number of likely N-dealkylation sites (tertiary alicyclic amines) is 1. The summed E-state index contributed by atoms with van der Waals surface area (Å²) in [6.07, 6.45) is -0.857. The lowest BCUT2D eigenvalue weighted by atomic mass is 9.96. The SMILES string of the molecule is CN1CCC(N2CCN(C(=O)CNc3cccc(C(=O)c4ccc5cc[nH]c5c4)c3C(F)(F)F)CC2)CC1. The van der Waals surface area contributed by atoms with Crippen LogP contribution >= 0.6 is 0 Å². The maximum atomic E-state index is 14.2. The molecular weight excluding hydrogens is 495 g/mol. The average molecular weight is 528 g/mol. The zero-order valence-electron chi connectivity index (χ0n) is 21.4. The van der Waals surface area contributed by atoms with E-state index in [1.165, 1.54) is 24.3 Å². The van der Waals surface area contributed by atoms with E-state index >= 15 is 0 Å². The Labute approximate surface area is 219 Å². The van der Waals surface area contributed by atoms with Crippen LogP contribution in [0.1, 0.15) is 34.3 Å². The van der Waals surface area contributed by atoms with Gasteiger partial charge >= 0.3 is 6.18 Å². The third-order valence-electron chi connectivity index (χ3n) is 7.71. The Bertz CT molecular complexity index is 1310. The molecule has 2 N–H and O–H groups in total. The summed E-state index contributed by atoms with van der Waals surface area (Å²) in [7, 11) is 2.12. The van der Waals surface area contributed by atoms with Gasteiger partial charge in [0.05, 0.1) is 12.1 Å². The number of benzene rings is 2. The standard InChI is InChI=1S/C28H32F3N5O2/c1-34-11-8-21(9-12-34)35-13-15-36(16-14-35)25(37)18-33-23-4-2-3-22(26(23)28(29,30)31)27(38)20-6-5-19-7-10-32-24(19)17-20/h2-7,10,17,21,32-33H,8-9,11-16,18H2,1H3. The van der Waals surface area contributed by atoms with Crippen molar-refractivity contribution in [3.8, 4) is 0 Å². The summed E-state index contributed by atoms with van der Waals surface area (Å²) in [4.78, 5) is 35.5. The number of carbonyl (C=O) groups is 2. The smallest absolute Gasteiger partial charge is 0.376 e. The van der Waals surface area contributed by atoms with Gasteiger partial charge in [0, 0.05) is 60.7 Å². The molecule has 0 radical (unpaired) electrons. The number of alkyl halides is 3. The Kier molecular flexibility index (Phi) is 7.45. The number of rotatable bonds is 6. The maximum Gasteiger partial charge on any atom is 0.419 e. The van der Waals surface area contributed by atoms with Crippen molar-refractivity contribution in [2.75, 3.05) is 58.2 Å². The molecule has 3 heterocycles. The molecule has 2 aromatic carbocycles. The van der Waals surface area contributed by atoms with Gasteiger partial charge in [0.25, 0.3) is 0 Å². The van der Waals surface area contributed by atoms with Crippen molar-refractivity contribution >= 4 is 28.3 Å². The minimum absolute atomic E-state index is 0.154. The molecule has 38 heavy (non-hydrogen) atoms. The third kappa shape index (κ3) is 5.56. The van der Waals surface area contributed by atoms with E-state index in [0.717, 1.165) is 44.4 Å². The van der Waals surface area contributed by atoms with Crippen molar-refractivity contribution in [3.05, 3.63) is 65.4 Å². The molecule has 2 aliphatic heterocycles. The first-order chi connectivity index (χ1) is 18.2. The summed E-state index contributed by atoms with van der Waals surface area (Å²) < 4.78 is 42.6. The fraction of sp³-hybridized carbons (Fsp3) is 0.429. The second-order valence-corrected chi connectivity index (χ2v) is 10.1. The molecule has 5 rings (SSSR count). The quantitative estimate of drug-likeness (QED) is 0.473. The summed E-state index contributed by atoms with van der Waals surface area (Å²) in [6, 6.07) is 11.0. The first kappa shape index (κ1) is 26.2. The van der Waals surface area contributed by atoms with Gasteiger partial charge in [-0.15, -0.1) is 0 Å². The topological polar surface area (TPSA) is 71.7 Å². The van der Waals surface area contributed by atoms with Crippen LogP contribution in [0.5, 0.6) is 0 Å². The Morgan fingerprint density at radius 2 is 1.74 bits per heavy atom. The highest BCUT2D eigenvalue weighted by atomic mass is 19.4. The van der Waals surface area contributed by atoms with Crippen LogP contribution < -0.4 is 5.32 Å². The number of anilines is 1. The fourth-order valence-corrected chi connectivity index (χ4v) is 5.52. The number of piperidine rings is 1. The van der Waals surface area contributed by atoms with Crippen LogP contribution in [0.3, 0.4) is 0 Å². The summed E-state index contributed by atoms with van der Waals surface area (Å²) in [5, 5.41) is 3.54. The molecule has 10 heteroatoms. The first-order valence-electron chi connectivity index (χ1n) is 13.0. The Morgan fingerprint density at radius 1 is 1.00 bits per heavy atom. The number of hydrogen-bond donors (Lipinski definition) is 2. The molecule has 0 saturated carbocycles. The minimum Gasteiger partial charge on any atom is -0.376 e. The molecule has 2 saturated heterocycles. The first-order valence-corrected chi connectivity index (χ1v) is 13.0.